The Kier molecular flexibility index (Phi) is 6.16. The van der Waals surface area contributed by atoms with Gasteiger partial charge in [-0.25, -0.2) is 0 Å². The number of nitrogens with one attached hydrogen (secondary N) is 1. The largest absolute Gasteiger partial charge is 0.491 e. The average Bonchev–Trinajstić information content (AvgIpc) is 2.34. The van der Waals surface area contributed by atoms with Gasteiger partial charge in [-0.05, 0) is 31.4 Å². The first-order valence-electron chi connectivity index (χ1n) is 6.60. The summed E-state index contributed by atoms with van der Waals surface area (Å²) in [7, 11) is 0. The number of hydrogen-bond acceptors (Lipinski definition) is 3. The molecule has 18 heavy (non-hydrogen) atoms. The molecular weight excluding hydrogens is 226 g/mol. The lowest BCUT2D eigenvalue weighted by Crippen LogP contribution is -2.38. The van der Waals surface area contributed by atoms with Crippen molar-refractivity contribution in [3.05, 3.63) is 29.8 Å². The maximum atomic E-state index is 9.84. The van der Waals surface area contributed by atoms with Crippen LogP contribution < -0.4 is 10.1 Å². The van der Waals surface area contributed by atoms with Gasteiger partial charge in [0.25, 0.3) is 0 Å². The zero-order valence-corrected chi connectivity index (χ0v) is 11.8. The number of ether oxygens (including phenoxy) is 1. The number of benzene rings is 1. The molecule has 2 atom stereocenters. The van der Waals surface area contributed by atoms with Crippen LogP contribution in [0.15, 0.2) is 24.3 Å². The second kappa shape index (κ2) is 7.39. The lowest BCUT2D eigenvalue weighted by molar-refractivity contribution is 0.102. The highest BCUT2D eigenvalue weighted by molar-refractivity contribution is 5.31. The molecule has 2 unspecified atom stereocenters. The van der Waals surface area contributed by atoms with Gasteiger partial charge in [0.15, 0.2) is 0 Å². The zero-order valence-electron chi connectivity index (χ0n) is 11.8. The first-order chi connectivity index (χ1) is 8.50. The molecule has 3 heteroatoms. The summed E-state index contributed by atoms with van der Waals surface area (Å²) in [6.07, 6.45) is -0.481. The van der Waals surface area contributed by atoms with Crippen LogP contribution in [0.5, 0.6) is 5.75 Å². The fraction of sp³-hybridized carbons (Fsp3) is 0.600. The van der Waals surface area contributed by atoms with E-state index in [0.717, 1.165) is 11.3 Å². The van der Waals surface area contributed by atoms with E-state index in [1.165, 1.54) is 0 Å². The van der Waals surface area contributed by atoms with Crippen molar-refractivity contribution in [2.75, 3.05) is 13.2 Å². The number of aliphatic hydroxyl groups excluding tert-OH is 1. The van der Waals surface area contributed by atoms with Crippen molar-refractivity contribution in [1.29, 1.82) is 0 Å². The van der Waals surface area contributed by atoms with Crippen molar-refractivity contribution in [2.24, 2.45) is 5.92 Å². The molecule has 0 aromatic heterocycles. The molecule has 0 spiro atoms. The van der Waals surface area contributed by atoms with Crippen LogP contribution >= 0.6 is 0 Å². The van der Waals surface area contributed by atoms with Gasteiger partial charge in [0.1, 0.15) is 18.5 Å². The fourth-order valence-corrected chi connectivity index (χ4v) is 1.52. The number of para-hydroxylation sites is 1. The van der Waals surface area contributed by atoms with Gasteiger partial charge in [-0.3, -0.25) is 0 Å². The van der Waals surface area contributed by atoms with Gasteiger partial charge in [0, 0.05) is 12.6 Å². The summed E-state index contributed by atoms with van der Waals surface area (Å²) in [4.78, 5) is 0. The maximum Gasteiger partial charge on any atom is 0.122 e. The quantitative estimate of drug-likeness (QED) is 0.781. The smallest absolute Gasteiger partial charge is 0.122 e. The molecule has 0 fully saturated rings. The Hall–Kier alpha value is -1.06. The van der Waals surface area contributed by atoms with Gasteiger partial charge in [-0.2, -0.15) is 0 Å². The van der Waals surface area contributed by atoms with Gasteiger partial charge < -0.3 is 15.2 Å². The second-order valence-electron chi connectivity index (χ2n) is 5.17. The van der Waals surface area contributed by atoms with Crippen LogP contribution in [0.25, 0.3) is 0 Å². The van der Waals surface area contributed by atoms with E-state index in [4.69, 9.17) is 4.74 Å². The zero-order chi connectivity index (χ0) is 13.5. The topological polar surface area (TPSA) is 41.5 Å². The Morgan fingerprint density at radius 2 is 1.89 bits per heavy atom. The van der Waals surface area contributed by atoms with E-state index in [0.29, 0.717) is 25.1 Å². The Labute approximate surface area is 110 Å². The van der Waals surface area contributed by atoms with Gasteiger partial charge in [0.05, 0.1) is 0 Å². The Morgan fingerprint density at radius 3 is 2.50 bits per heavy atom. The van der Waals surface area contributed by atoms with Crippen LogP contribution in [0.2, 0.25) is 0 Å². The minimum Gasteiger partial charge on any atom is -0.491 e. The number of aryl methyl sites for hydroxylation is 1. The van der Waals surface area contributed by atoms with E-state index < -0.39 is 6.10 Å². The van der Waals surface area contributed by atoms with Crippen LogP contribution in [-0.4, -0.2) is 30.4 Å². The predicted octanol–water partition coefficient (Wildman–Crippen LogP) is 2.37. The lowest BCUT2D eigenvalue weighted by atomic mass is 10.1. The summed E-state index contributed by atoms with van der Waals surface area (Å²) >= 11 is 0. The normalized spacial score (nSPS) is 14.6. The van der Waals surface area contributed by atoms with Crippen LogP contribution in [0, 0.1) is 12.8 Å². The van der Waals surface area contributed by atoms with Crippen LogP contribution in [-0.2, 0) is 0 Å². The van der Waals surface area contributed by atoms with Gasteiger partial charge >= 0.3 is 0 Å². The van der Waals surface area contributed by atoms with Crippen molar-refractivity contribution >= 4 is 0 Å². The van der Waals surface area contributed by atoms with Crippen LogP contribution in [0.4, 0.5) is 0 Å². The molecule has 1 aromatic rings. The molecule has 3 nitrogen and oxygen atoms in total. The molecule has 0 heterocycles. The highest BCUT2D eigenvalue weighted by Gasteiger charge is 2.10. The third-order valence-electron chi connectivity index (χ3n) is 3.20. The Balaban J connectivity index is 2.29. The molecule has 1 rings (SSSR count). The van der Waals surface area contributed by atoms with Gasteiger partial charge in [-0.1, -0.05) is 32.0 Å². The number of rotatable bonds is 7. The fourth-order valence-electron chi connectivity index (χ4n) is 1.52. The predicted molar refractivity (Wildman–Crippen MR) is 75.0 cm³/mol. The molecular formula is C15H25NO2. The molecule has 0 aliphatic rings. The SMILES string of the molecule is Cc1ccccc1OCC(O)CNC(C)C(C)C. The van der Waals surface area contributed by atoms with Crippen LogP contribution in [0.1, 0.15) is 26.3 Å². The van der Waals surface area contributed by atoms with E-state index in [-0.39, 0.29) is 0 Å². The molecule has 0 aliphatic carbocycles. The number of aliphatic hydroxyl groups is 1. The summed E-state index contributed by atoms with van der Waals surface area (Å²) in [6.45, 7) is 9.33. The highest BCUT2D eigenvalue weighted by atomic mass is 16.5. The summed E-state index contributed by atoms with van der Waals surface area (Å²) in [5.41, 5.74) is 1.09. The molecule has 2 N–H and O–H groups in total. The number of hydrogen-bond donors (Lipinski definition) is 2. The van der Waals surface area contributed by atoms with Crippen molar-refractivity contribution in [2.45, 2.75) is 39.8 Å². The molecule has 0 amide bonds. The molecule has 0 bridgehead atoms. The van der Waals surface area contributed by atoms with E-state index in [2.05, 4.69) is 26.1 Å². The molecule has 0 aliphatic heterocycles. The standard InChI is InChI=1S/C15H25NO2/c1-11(2)13(4)16-9-14(17)10-18-15-8-6-5-7-12(15)3/h5-8,11,13-14,16-17H,9-10H2,1-4H3. The highest BCUT2D eigenvalue weighted by Crippen LogP contribution is 2.16. The molecule has 0 radical (unpaired) electrons. The summed E-state index contributed by atoms with van der Waals surface area (Å²) in [5.74, 6) is 1.41. The van der Waals surface area contributed by atoms with Gasteiger partial charge in [-0.15, -0.1) is 0 Å². The molecule has 0 saturated carbocycles. The van der Waals surface area contributed by atoms with Gasteiger partial charge in [0.2, 0.25) is 0 Å². The Morgan fingerprint density at radius 1 is 1.22 bits per heavy atom. The third kappa shape index (κ3) is 5.07. The Bertz CT molecular complexity index is 352. The first-order valence-corrected chi connectivity index (χ1v) is 6.60. The summed E-state index contributed by atoms with van der Waals surface area (Å²) < 4.78 is 5.60. The van der Waals surface area contributed by atoms with Crippen molar-refractivity contribution in [3.8, 4) is 5.75 Å². The van der Waals surface area contributed by atoms with Crippen molar-refractivity contribution < 1.29 is 9.84 Å². The summed E-state index contributed by atoms with van der Waals surface area (Å²) in [5, 5.41) is 13.1. The summed E-state index contributed by atoms with van der Waals surface area (Å²) in [6, 6.07) is 8.24. The third-order valence-corrected chi connectivity index (χ3v) is 3.20. The van der Waals surface area contributed by atoms with Crippen molar-refractivity contribution in [3.63, 3.8) is 0 Å². The molecule has 0 saturated heterocycles. The van der Waals surface area contributed by atoms with E-state index in [1.807, 2.05) is 31.2 Å². The minimum atomic E-state index is -0.481. The van der Waals surface area contributed by atoms with E-state index in [1.54, 1.807) is 0 Å². The second-order valence-corrected chi connectivity index (χ2v) is 5.17. The molecule has 102 valence electrons. The first kappa shape index (κ1) is 15.0. The maximum absolute atomic E-state index is 9.84. The lowest BCUT2D eigenvalue weighted by Gasteiger charge is -2.20. The van der Waals surface area contributed by atoms with E-state index >= 15 is 0 Å². The van der Waals surface area contributed by atoms with Crippen molar-refractivity contribution in [1.82, 2.24) is 5.32 Å². The monoisotopic (exact) mass is 251 g/mol. The molecule has 1 aromatic carbocycles. The average molecular weight is 251 g/mol. The van der Waals surface area contributed by atoms with Crippen LogP contribution in [0.3, 0.4) is 0 Å². The minimum absolute atomic E-state index is 0.322. The van der Waals surface area contributed by atoms with E-state index in [9.17, 15) is 5.11 Å².